The van der Waals surface area contributed by atoms with Crippen molar-refractivity contribution in [2.45, 2.75) is 39.2 Å². The monoisotopic (exact) mass is 469 g/mol. The number of ether oxygens (including phenoxy) is 1. The number of aromatic nitrogens is 1. The van der Waals surface area contributed by atoms with Crippen LogP contribution in [0.1, 0.15) is 41.2 Å². The molecule has 0 spiro atoms. The predicted octanol–water partition coefficient (Wildman–Crippen LogP) is 8.45. The number of hydrogen-bond acceptors (Lipinski definition) is 4. The van der Waals surface area contributed by atoms with E-state index in [1.807, 2.05) is 24.3 Å². The minimum absolute atomic E-state index is 0.350. The van der Waals surface area contributed by atoms with E-state index in [2.05, 4.69) is 42.6 Å². The SMILES string of the molecule is Cc1cc(OCc2c(-c3c(Cl)cccc3Cl)noc2C2CC2)ccc1-c1sccc1C. The molecule has 0 saturated heterocycles. The zero-order valence-corrected chi connectivity index (χ0v) is 19.6. The van der Waals surface area contributed by atoms with Gasteiger partial charge in [-0.1, -0.05) is 34.4 Å². The summed E-state index contributed by atoms with van der Waals surface area (Å²) in [4.78, 5) is 1.30. The van der Waals surface area contributed by atoms with Gasteiger partial charge in [0.25, 0.3) is 0 Å². The molecule has 1 aliphatic rings. The van der Waals surface area contributed by atoms with E-state index in [1.165, 1.54) is 21.6 Å². The lowest BCUT2D eigenvalue weighted by Gasteiger charge is -2.12. The molecule has 0 atom stereocenters. The summed E-state index contributed by atoms with van der Waals surface area (Å²) in [6, 6.07) is 13.8. The standard InChI is InChI=1S/C25H21Cl2NO2S/c1-14-10-11-31-25(14)18-9-8-17(12-15(18)2)29-13-19-23(28-30-24(19)16-6-7-16)22-20(26)4-3-5-21(22)27/h3-5,8-12,16H,6-7,13H2,1-2H3. The van der Waals surface area contributed by atoms with Crippen LogP contribution in [0.5, 0.6) is 5.75 Å². The Morgan fingerprint density at radius 3 is 2.48 bits per heavy atom. The first-order valence-corrected chi connectivity index (χ1v) is 11.9. The van der Waals surface area contributed by atoms with E-state index in [0.29, 0.717) is 33.8 Å². The molecule has 0 amide bonds. The smallest absolute Gasteiger partial charge is 0.147 e. The zero-order chi connectivity index (χ0) is 21.5. The van der Waals surface area contributed by atoms with Crippen molar-refractivity contribution >= 4 is 34.5 Å². The zero-order valence-electron chi connectivity index (χ0n) is 17.2. The minimum Gasteiger partial charge on any atom is -0.489 e. The van der Waals surface area contributed by atoms with E-state index < -0.39 is 0 Å². The highest BCUT2D eigenvalue weighted by Gasteiger charge is 2.33. The summed E-state index contributed by atoms with van der Waals surface area (Å²) in [6.45, 7) is 4.61. The summed E-state index contributed by atoms with van der Waals surface area (Å²) >= 11 is 14.7. The molecular weight excluding hydrogens is 449 g/mol. The third-order valence-electron chi connectivity index (χ3n) is 5.65. The van der Waals surface area contributed by atoms with Gasteiger partial charge in [-0.3, -0.25) is 0 Å². The molecule has 0 aliphatic heterocycles. The molecule has 0 unspecified atom stereocenters. The van der Waals surface area contributed by atoms with Crippen molar-refractivity contribution < 1.29 is 9.26 Å². The summed E-state index contributed by atoms with van der Waals surface area (Å²) in [6.07, 6.45) is 2.21. The van der Waals surface area contributed by atoms with Crippen LogP contribution in [0.4, 0.5) is 0 Å². The van der Waals surface area contributed by atoms with Gasteiger partial charge in [0.2, 0.25) is 0 Å². The van der Waals surface area contributed by atoms with Crippen molar-refractivity contribution in [2.24, 2.45) is 0 Å². The summed E-state index contributed by atoms with van der Waals surface area (Å²) in [7, 11) is 0. The first kappa shape index (κ1) is 20.6. The van der Waals surface area contributed by atoms with Gasteiger partial charge in [0, 0.05) is 16.4 Å². The van der Waals surface area contributed by atoms with Crippen molar-refractivity contribution in [1.82, 2.24) is 5.16 Å². The maximum Gasteiger partial charge on any atom is 0.147 e. The molecule has 2 aromatic carbocycles. The summed E-state index contributed by atoms with van der Waals surface area (Å²) in [5.41, 5.74) is 6.01. The van der Waals surface area contributed by atoms with E-state index in [4.69, 9.17) is 32.5 Å². The quantitative estimate of drug-likeness (QED) is 0.284. The first-order chi connectivity index (χ1) is 15.0. The third-order valence-corrected chi connectivity index (χ3v) is 7.33. The van der Waals surface area contributed by atoms with E-state index >= 15 is 0 Å². The van der Waals surface area contributed by atoms with Crippen molar-refractivity contribution in [2.75, 3.05) is 0 Å². The maximum atomic E-state index is 6.45. The van der Waals surface area contributed by atoms with Gasteiger partial charge in [-0.15, -0.1) is 11.3 Å². The van der Waals surface area contributed by atoms with E-state index in [0.717, 1.165) is 29.9 Å². The number of hydrogen-bond donors (Lipinski definition) is 0. The van der Waals surface area contributed by atoms with Gasteiger partial charge in [-0.2, -0.15) is 0 Å². The molecule has 3 nitrogen and oxygen atoms in total. The van der Waals surface area contributed by atoms with E-state index in [-0.39, 0.29) is 0 Å². The van der Waals surface area contributed by atoms with Crippen LogP contribution in [0.15, 0.2) is 52.4 Å². The van der Waals surface area contributed by atoms with Crippen LogP contribution in [0.3, 0.4) is 0 Å². The molecule has 2 aromatic heterocycles. The van der Waals surface area contributed by atoms with Crippen LogP contribution in [0.2, 0.25) is 10.0 Å². The maximum absolute atomic E-state index is 6.45. The highest BCUT2D eigenvalue weighted by atomic mass is 35.5. The van der Waals surface area contributed by atoms with Crippen LogP contribution in [-0.2, 0) is 6.61 Å². The van der Waals surface area contributed by atoms with Gasteiger partial charge in [0.1, 0.15) is 23.8 Å². The van der Waals surface area contributed by atoms with Crippen LogP contribution in [0.25, 0.3) is 21.7 Å². The van der Waals surface area contributed by atoms with Crippen molar-refractivity contribution in [3.05, 3.63) is 80.3 Å². The van der Waals surface area contributed by atoms with Gasteiger partial charge < -0.3 is 9.26 Å². The average Bonchev–Trinajstić information content (AvgIpc) is 3.37. The first-order valence-electron chi connectivity index (χ1n) is 10.2. The second-order valence-corrected chi connectivity index (χ2v) is 9.67. The molecule has 31 heavy (non-hydrogen) atoms. The van der Waals surface area contributed by atoms with Gasteiger partial charge >= 0.3 is 0 Å². The Balaban J connectivity index is 1.45. The lowest BCUT2D eigenvalue weighted by Crippen LogP contribution is -2.00. The van der Waals surface area contributed by atoms with Crippen LogP contribution < -0.4 is 4.74 Å². The van der Waals surface area contributed by atoms with Crippen molar-refractivity contribution in [3.63, 3.8) is 0 Å². The Morgan fingerprint density at radius 1 is 1.06 bits per heavy atom. The number of thiophene rings is 1. The van der Waals surface area contributed by atoms with Crippen molar-refractivity contribution in [3.8, 4) is 27.4 Å². The molecular formula is C25H21Cl2NO2S. The molecule has 5 rings (SSSR count). The van der Waals surface area contributed by atoms with Crippen LogP contribution in [0, 0.1) is 13.8 Å². The number of rotatable bonds is 6. The summed E-state index contributed by atoms with van der Waals surface area (Å²) in [5.74, 6) is 2.09. The predicted molar refractivity (Wildman–Crippen MR) is 127 cm³/mol. The molecule has 0 radical (unpaired) electrons. The van der Waals surface area contributed by atoms with Crippen LogP contribution in [-0.4, -0.2) is 5.16 Å². The average molecular weight is 470 g/mol. The van der Waals surface area contributed by atoms with Crippen LogP contribution >= 0.6 is 34.5 Å². The molecule has 1 saturated carbocycles. The highest BCUT2D eigenvalue weighted by Crippen LogP contribution is 2.46. The fraction of sp³-hybridized carbons (Fsp3) is 0.240. The molecule has 0 N–H and O–H groups in total. The fourth-order valence-corrected chi connectivity index (χ4v) is 5.43. The Kier molecular flexibility index (Phi) is 5.55. The topological polar surface area (TPSA) is 35.3 Å². The second kappa shape index (κ2) is 8.34. The minimum atomic E-state index is 0.350. The molecule has 2 heterocycles. The number of benzene rings is 2. The largest absolute Gasteiger partial charge is 0.489 e. The second-order valence-electron chi connectivity index (χ2n) is 7.94. The van der Waals surface area contributed by atoms with Crippen molar-refractivity contribution in [1.29, 1.82) is 0 Å². The normalized spacial score (nSPS) is 13.5. The molecule has 158 valence electrons. The molecule has 6 heteroatoms. The lowest BCUT2D eigenvalue weighted by molar-refractivity contribution is 0.300. The van der Waals surface area contributed by atoms with Gasteiger partial charge in [-0.25, -0.2) is 0 Å². The lowest BCUT2D eigenvalue weighted by atomic mass is 10.0. The third kappa shape index (κ3) is 4.00. The van der Waals surface area contributed by atoms with E-state index in [9.17, 15) is 0 Å². The highest BCUT2D eigenvalue weighted by molar-refractivity contribution is 7.13. The van der Waals surface area contributed by atoms with Gasteiger partial charge in [0.05, 0.1) is 15.6 Å². The Hall–Kier alpha value is -2.27. The number of halogens is 2. The molecule has 4 aromatic rings. The Bertz CT molecular complexity index is 1240. The number of aryl methyl sites for hydroxylation is 2. The molecule has 1 aliphatic carbocycles. The number of nitrogens with zero attached hydrogens (tertiary/aromatic N) is 1. The fourth-order valence-electron chi connectivity index (χ4n) is 3.83. The molecule has 1 fully saturated rings. The van der Waals surface area contributed by atoms with E-state index in [1.54, 1.807) is 11.3 Å². The van der Waals surface area contributed by atoms with Gasteiger partial charge in [0.15, 0.2) is 0 Å². The van der Waals surface area contributed by atoms with Gasteiger partial charge in [-0.05, 0) is 85.2 Å². The summed E-state index contributed by atoms with van der Waals surface area (Å²) in [5, 5.41) is 7.56. The Morgan fingerprint density at radius 2 is 1.84 bits per heavy atom. The Labute approximate surface area is 195 Å². The summed E-state index contributed by atoms with van der Waals surface area (Å²) < 4.78 is 11.9. The molecule has 0 bridgehead atoms.